The number of nitrogens with zero attached hydrogens (tertiary/aromatic N) is 2. The molecule has 0 saturated heterocycles. The van der Waals surface area contributed by atoms with E-state index in [0.29, 0.717) is 0 Å². The Hall–Kier alpha value is -3.39. The second-order valence-electron chi connectivity index (χ2n) is 6.55. The van der Waals surface area contributed by atoms with Crippen LogP contribution in [0.3, 0.4) is 0 Å². The number of hydrogen-bond acceptors (Lipinski definition) is 1. The molecule has 0 unspecified atom stereocenters. The zero-order chi connectivity index (χ0) is 17.5. The molecule has 0 radical (unpaired) electrons. The number of aromatic nitrogens is 2. The monoisotopic (exact) mass is 334 g/mol. The third-order valence-corrected chi connectivity index (χ3v) is 5.06. The first-order chi connectivity index (χ1) is 12.8. The van der Waals surface area contributed by atoms with Gasteiger partial charge in [0.15, 0.2) is 0 Å². The zero-order valence-corrected chi connectivity index (χ0v) is 14.6. The third-order valence-electron chi connectivity index (χ3n) is 5.06. The first-order valence-electron chi connectivity index (χ1n) is 8.81. The lowest BCUT2D eigenvalue weighted by atomic mass is 9.95. The van der Waals surface area contributed by atoms with Crippen LogP contribution in [0.4, 0.5) is 0 Å². The third kappa shape index (κ3) is 2.16. The topological polar surface area (TPSA) is 17.8 Å². The minimum atomic E-state index is 1.03. The standard InChI is InChI=1S/C24H18N2/c1-26-20-15-9-8-14-19(20)23-21(26)16-25-24(18-12-6-3-7-13-18)22(23)17-10-4-2-5-11-17/h2-16H,1H3. The average Bonchev–Trinajstić information content (AvgIpc) is 3.01. The van der Waals surface area contributed by atoms with Crippen LogP contribution in [0.1, 0.15) is 0 Å². The summed E-state index contributed by atoms with van der Waals surface area (Å²) in [5, 5.41) is 2.53. The maximum Gasteiger partial charge on any atom is 0.0788 e. The van der Waals surface area contributed by atoms with Gasteiger partial charge in [-0.25, -0.2) is 0 Å². The maximum absolute atomic E-state index is 4.89. The number of benzene rings is 3. The van der Waals surface area contributed by atoms with E-state index in [9.17, 15) is 0 Å². The molecule has 2 heteroatoms. The van der Waals surface area contributed by atoms with Gasteiger partial charge in [-0.3, -0.25) is 4.98 Å². The van der Waals surface area contributed by atoms with Gasteiger partial charge in [-0.15, -0.1) is 0 Å². The smallest absolute Gasteiger partial charge is 0.0788 e. The fourth-order valence-electron chi connectivity index (χ4n) is 3.84. The highest BCUT2D eigenvalue weighted by Crippen LogP contribution is 2.40. The molecule has 0 spiro atoms. The van der Waals surface area contributed by atoms with Crippen LogP contribution in [0.15, 0.2) is 91.1 Å². The van der Waals surface area contributed by atoms with Crippen molar-refractivity contribution >= 4 is 21.8 Å². The van der Waals surface area contributed by atoms with E-state index in [1.807, 2.05) is 12.3 Å². The first kappa shape index (κ1) is 14.9. The summed E-state index contributed by atoms with van der Waals surface area (Å²) in [5.41, 5.74) is 6.95. The SMILES string of the molecule is Cn1c2ccccc2c2c(-c3ccccc3)c(-c3ccccc3)ncc21. The number of rotatable bonds is 2. The summed E-state index contributed by atoms with van der Waals surface area (Å²) in [7, 11) is 2.11. The molecule has 5 rings (SSSR count). The summed E-state index contributed by atoms with van der Waals surface area (Å²) in [6.45, 7) is 0. The quantitative estimate of drug-likeness (QED) is 0.383. The van der Waals surface area contributed by atoms with Crippen LogP contribution in [-0.2, 0) is 7.05 Å². The lowest BCUT2D eigenvalue weighted by Crippen LogP contribution is -1.93. The number of fused-ring (bicyclic) bond motifs is 3. The van der Waals surface area contributed by atoms with Crippen LogP contribution < -0.4 is 0 Å². The highest BCUT2D eigenvalue weighted by molar-refractivity contribution is 6.17. The Labute approximate surface area is 152 Å². The van der Waals surface area contributed by atoms with E-state index in [4.69, 9.17) is 4.98 Å². The molecule has 2 nitrogen and oxygen atoms in total. The molecule has 0 N–H and O–H groups in total. The van der Waals surface area contributed by atoms with Gasteiger partial charge in [-0.2, -0.15) is 0 Å². The molecule has 0 aliphatic carbocycles. The molecule has 124 valence electrons. The van der Waals surface area contributed by atoms with Crippen molar-refractivity contribution in [2.24, 2.45) is 7.05 Å². The van der Waals surface area contributed by atoms with Gasteiger partial charge in [0.2, 0.25) is 0 Å². The van der Waals surface area contributed by atoms with Gasteiger partial charge in [0, 0.05) is 34.5 Å². The number of aryl methyl sites for hydroxylation is 1. The molecule has 0 aliphatic heterocycles. The predicted molar refractivity (Wildman–Crippen MR) is 109 cm³/mol. The molecule has 0 aliphatic rings. The number of hydrogen-bond donors (Lipinski definition) is 0. The maximum atomic E-state index is 4.89. The molecule has 0 fully saturated rings. The van der Waals surface area contributed by atoms with Crippen molar-refractivity contribution in [1.29, 1.82) is 0 Å². The summed E-state index contributed by atoms with van der Waals surface area (Å²) in [4.78, 5) is 4.89. The van der Waals surface area contributed by atoms with Crippen molar-refractivity contribution in [2.45, 2.75) is 0 Å². The fourth-order valence-corrected chi connectivity index (χ4v) is 3.84. The van der Waals surface area contributed by atoms with Crippen molar-refractivity contribution < 1.29 is 0 Å². The van der Waals surface area contributed by atoms with Gasteiger partial charge in [0.25, 0.3) is 0 Å². The molecule has 0 bridgehead atoms. The van der Waals surface area contributed by atoms with Gasteiger partial charge in [-0.05, 0) is 11.6 Å². The molecule has 2 heterocycles. The fraction of sp³-hybridized carbons (Fsp3) is 0.0417. The van der Waals surface area contributed by atoms with E-state index in [-0.39, 0.29) is 0 Å². The number of pyridine rings is 1. The van der Waals surface area contributed by atoms with E-state index < -0.39 is 0 Å². The van der Waals surface area contributed by atoms with Gasteiger partial charge >= 0.3 is 0 Å². The van der Waals surface area contributed by atoms with Crippen molar-refractivity contribution in [3.8, 4) is 22.4 Å². The van der Waals surface area contributed by atoms with Gasteiger partial charge in [-0.1, -0.05) is 78.9 Å². The van der Waals surface area contributed by atoms with Crippen molar-refractivity contribution in [3.63, 3.8) is 0 Å². The Kier molecular flexibility index (Phi) is 3.36. The summed E-state index contributed by atoms with van der Waals surface area (Å²) in [6.07, 6.45) is 2.00. The van der Waals surface area contributed by atoms with Crippen LogP contribution in [0.2, 0.25) is 0 Å². The van der Waals surface area contributed by atoms with E-state index >= 15 is 0 Å². The normalized spacial score (nSPS) is 11.3. The number of para-hydroxylation sites is 1. The van der Waals surface area contributed by atoms with Crippen LogP contribution in [0, 0.1) is 0 Å². The average molecular weight is 334 g/mol. The Morgan fingerprint density at radius 3 is 2.00 bits per heavy atom. The van der Waals surface area contributed by atoms with Gasteiger partial charge in [0.05, 0.1) is 17.4 Å². The lowest BCUT2D eigenvalue weighted by molar-refractivity contribution is 1.01. The Morgan fingerprint density at radius 2 is 1.27 bits per heavy atom. The Bertz CT molecular complexity index is 1220. The molecular formula is C24H18N2. The highest BCUT2D eigenvalue weighted by atomic mass is 14.9. The van der Waals surface area contributed by atoms with Crippen LogP contribution in [0.5, 0.6) is 0 Å². The van der Waals surface area contributed by atoms with Gasteiger partial charge < -0.3 is 4.57 Å². The molecular weight excluding hydrogens is 316 g/mol. The second kappa shape index (κ2) is 5.85. The molecule has 5 aromatic rings. The van der Waals surface area contributed by atoms with E-state index in [1.54, 1.807) is 0 Å². The lowest BCUT2D eigenvalue weighted by Gasteiger charge is -2.12. The van der Waals surface area contributed by atoms with Crippen molar-refractivity contribution in [3.05, 3.63) is 91.1 Å². The highest BCUT2D eigenvalue weighted by Gasteiger charge is 2.18. The zero-order valence-electron chi connectivity index (χ0n) is 14.6. The Balaban J connectivity index is 2.00. The molecule has 0 amide bonds. The second-order valence-corrected chi connectivity index (χ2v) is 6.55. The summed E-state index contributed by atoms with van der Waals surface area (Å²) in [6, 6.07) is 29.6. The van der Waals surface area contributed by atoms with E-state index in [0.717, 1.165) is 16.8 Å². The molecule has 0 atom stereocenters. The molecule has 26 heavy (non-hydrogen) atoms. The summed E-state index contributed by atoms with van der Waals surface area (Å²) in [5.74, 6) is 0. The van der Waals surface area contributed by atoms with Crippen molar-refractivity contribution in [2.75, 3.05) is 0 Å². The van der Waals surface area contributed by atoms with E-state index in [2.05, 4.69) is 90.5 Å². The predicted octanol–water partition coefficient (Wildman–Crippen LogP) is 6.06. The first-order valence-corrected chi connectivity index (χ1v) is 8.81. The minimum absolute atomic E-state index is 1.03. The minimum Gasteiger partial charge on any atom is -0.342 e. The van der Waals surface area contributed by atoms with Crippen molar-refractivity contribution in [1.82, 2.24) is 9.55 Å². The van der Waals surface area contributed by atoms with E-state index in [1.165, 1.54) is 27.4 Å². The van der Waals surface area contributed by atoms with Gasteiger partial charge in [0.1, 0.15) is 0 Å². The van der Waals surface area contributed by atoms with Crippen LogP contribution in [-0.4, -0.2) is 9.55 Å². The summed E-state index contributed by atoms with van der Waals surface area (Å²) >= 11 is 0. The van der Waals surface area contributed by atoms with Crippen LogP contribution >= 0.6 is 0 Å². The van der Waals surface area contributed by atoms with Crippen LogP contribution in [0.25, 0.3) is 44.2 Å². The largest absolute Gasteiger partial charge is 0.342 e. The summed E-state index contributed by atoms with van der Waals surface area (Å²) < 4.78 is 2.24. The Morgan fingerprint density at radius 1 is 0.654 bits per heavy atom. The molecule has 2 aromatic heterocycles. The molecule has 0 saturated carbocycles. The molecule has 3 aromatic carbocycles.